The molecule has 0 spiro atoms. The molecule has 0 unspecified atom stereocenters. The molecule has 0 saturated carbocycles. The molecule has 0 aliphatic carbocycles. The molecule has 144 valence electrons. The van der Waals surface area contributed by atoms with E-state index in [0.717, 1.165) is 63.4 Å². The summed E-state index contributed by atoms with van der Waals surface area (Å²) in [7, 11) is 0. The number of piperazine rings is 1. The number of aryl methyl sites for hydroxylation is 1. The Morgan fingerprint density at radius 3 is 2.52 bits per heavy atom. The van der Waals surface area contributed by atoms with Gasteiger partial charge in [-0.1, -0.05) is 0 Å². The van der Waals surface area contributed by atoms with E-state index < -0.39 is 0 Å². The molecule has 0 radical (unpaired) electrons. The van der Waals surface area contributed by atoms with Crippen molar-refractivity contribution in [3.63, 3.8) is 0 Å². The second-order valence-corrected chi connectivity index (χ2v) is 6.47. The fourth-order valence-electron chi connectivity index (χ4n) is 3.82. The third-order valence-electron chi connectivity index (χ3n) is 5.08. The van der Waals surface area contributed by atoms with Gasteiger partial charge < -0.3 is 20.3 Å². The van der Waals surface area contributed by atoms with Crippen molar-refractivity contribution in [3.05, 3.63) is 23.0 Å². The molecule has 6 nitrogen and oxygen atoms in total. The number of aliphatic hydroxyl groups excluding tert-OH is 1. The maximum atomic E-state index is 10.7. The van der Waals surface area contributed by atoms with Gasteiger partial charge in [-0.2, -0.15) is 0 Å². The maximum absolute atomic E-state index is 10.7. The van der Waals surface area contributed by atoms with Gasteiger partial charge in [-0.15, -0.1) is 24.8 Å². The summed E-state index contributed by atoms with van der Waals surface area (Å²) in [4.78, 5) is 6.66. The Hall–Kier alpha value is -0.630. The molecule has 3 N–H and O–H groups in total. The van der Waals surface area contributed by atoms with Crippen molar-refractivity contribution in [2.24, 2.45) is 5.92 Å². The molecule has 2 fully saturated rings. The van der Waals surface area contributed by atoms with Gasteiger partial charge in [0.05, 0.1) is 12.3 Å². The van der Waals surface area contributed by atoms with Gasteiger partial charge in [-0.3, -0.25) is 9.88 Å². The van der Waals surface area contributed by atoms with Gasteiger partial charge >= 0.3 is 0 Å². The Kier molecular flexibility index (Phi) is 9.41. The molecule has 25 heavy (non-hydrogen) atoms. The van der Waals surface area contributed by atoms with Gasteiger partial charge in [0.2, 0.25) is 0 Å². The van der Waals surface area contributed by atoms with E-state index in [0.29, 0.717) is 11.6 Å². The van der Waals surface area contributed by atoms with Crippen molar-refractivity contribution in [2.75, 3.05) is 39.4 Å². The van der Waals surface area contributed by atoms with Gasteiger partial charge in [0, 0.05) is 62.8 Å². The lowest BCUT2D eigenvalue weighted by Gasteiger charge is -2.42. The van der Waals surface area contributed by atoms with Crippen LogP contribution >= 0.6 is 24.8 Å². The van der Waals surface area contributed by atoms with Crippen LogP contribution < -0.4 is 5.32 Å². The lowest BCUT2D eigenvalue weighted by atomic mass is 9.83. The highest BCUT2D eigenvalue weighted by Gasteiger charge is 2.34. The van der Waals surface area contributed by atoms with E-state index in [1.54, 1.807) is 6.20 Å². The van der Waals surface area contributed by atoms with Crippen LogP contribution in [0, 0.1) is 12.8 Å². The Morgan fingerprint density at radius 1 is 1.28 bits per heavy atom. The van der Waals surface area contributed by atoms with E-state index in [9.17, 15) is 10.2 Å². The predicted octanol–water partition coefficient (Wildman–Crippen LogP) is 1.80. The molecule has 1 atom stereocenters. The molecule has 3 heterocycles. The smallest absolute Gasteiger partial charge is 0.141 e. The van der Waals surface area contributed by atoms with E-state index in [1.807, 2.05) is 6.92 Å². The summed E-state index contributed by atoms with van der Waals surface area (Å²) in [6.45, 7) is 7.08. The molecule has 2 saturated heterocycles. The van der Waals surface area contributed by atoms with Crippen molar-refractivity contribution in [1.29, 1.82) is 0 Å². The zero-order chi connectivity index (χ0) is 16.2. The first-order valence-electron chi connectivity index (χ1n) is 8.53. The second-order valence-electron chi connectivity index (χ2n) is 6.47. The summed E-state index contributed by atoms with van der Waals surface area (Å²) in [6.07, 6.45) is 3.68. The molecule has 1 aromatic heterocycles. The number of nitrogens with zero attached hydrogens (tertiary/aromatic N) is 2. The van der Waals surface area contributed by atoms with Crippen LogP contribution in [0.4, 0.5) is 0 Å². The molecule has 0 amide bonds. The van der Waals surface area contributed by atoms with Crippen molar-refractivity contribution in [1.82, 2.24) is 15.2 Å². The monoisotopic (exact) mass is 393 g/mol. The summed E-state index contributed by atoms with van der Waals surface area (Å²) >= 11 is 0. The van der Waals surface area contributed by atoms with Crippen LogP contribution in [0.15, 0.2) is 6.20 Å². The molecule has 0 aromatic carbocycles. The Morgan fingerprint density at radius 2 is 1.92 bits per heavy atom. The molecule has 0 bridgehead atoms. The minimum absolute atomic E-state index is 0. The SMILES string of the molecule is Cc1ncc(CO)c([C@H](C2CCOCC2)N2CCNCC2)c1O.Cl.Cl. The van der Waals surface area contributed by atoms with E-state index in [1.165, 1.54) is 0 Å². The first-order chi connectivity index (χ1) is 11.2. The Balaban J connectivity index is 0.00000156. The van der Waals surface area contributed by atoms with Gasteiger partial charge in [-0.25, -0.2) is 0 Å². The van der Waals surface area contributed by atoms with Crippen LogP contribution in [0.3, 0.4) is 0 Å². The third kappa shape index (κ3) is 4.96. The van der Waals surface area contributed by atoms with E-state index in [-0.39, 0.29) is 43.2 Å². The Bertz CT molecular complexity index is 518. The highest BCUT2D eigenvalue weighted by Crippen LogP contribution is 2.41. The van der Waals surface area contributed by atoms with Crippen LogP contribution in [-0.4, -0.2) is 59.5 Å². The number of ether oxygens (including phenoxy) is 1. The number of aliphatic hydroxyl groups is 1. The summed E-state index contributed by atoms with van der Waals surface area (Å²) < 4.78 is 5.53. The first kappa shape index (κ1) is 22.4. The zero-order valence-electron chi connectivity index (χ0n) is 14.6. The standard InChI is InChI=1S/C17H27N3O3.2ClH/c1-12-17(22)15(14(11-21)10-19-12)16(13-2-8-23-9-3-13)20-6-4-18-5-7-20;;/h10,13,16,18,21-22H,2-9,11H2,1H3;2*1H/t16-;;/m0../s1. The first-order valence-corrected chi connectivity index (χ1v) is 8.53. The van der Waals surface area contributed by atoms with Gasteiger partial charge in [-0.05, 0) is 25.7 Å². The average Bonchev–Trinajstić information content (AvgIpc) is 2.61. The van der Waals surface area contributed by atoms with Crippen LogP contribution in [0.2, 0.25) is 0 Å². The normalized spacial score (nSPS) is 20.4. The number of hydrogen-bond acceptors (Lipinski definition) is 6. The minimum Gasteiger partial charge on any atom is -0.506 e. The highest BCUT2D eigenvalue weighted by molar-refractivity contribution is 5.85. The van der Waals surface area contributed by atoms with Crippen molar-refractivity contribution >= 4 is 24.8 Å². The molecular weight excluding hydrogens is 365 g/mol. The summed E-state index contributed by atoms with van der Waals surface area (Å²) in [5, 5.41) is 23.9. The molecule has 2 aliphatic rings. The average molecular weight is 394 g/mol. The fraction of sp³-hybridized carbons (Fsp3) is 0.706. The number of nitrogens with one attached hydrogen (secondary N) is 1. The van der Waals surface area contributed by atoms with Crippen LogP contribution in [-0.2, 0) is 11.3 Å². The number of hydrogen-bond donors (Lipinski definition) is 3. The van der Waals surface area contributed by atoms with E-state index >= 15 is 0 Å². The largest absolute Gasteiger partial charge is 0.506 e. The van der Waals surface area contributed by atoms with Gasteiger partial charge in [0.15, 0.2) is 0 Å². The number of rotatable bonds is 4. The highest BCUT2D eigenvalue weighted by atomic mass is 35.5. The molecule has 1 aromatic rings. The summed E-state index contributed by atoms with van der Waals surface area (Å²) in [6, 6.07) is 0.116. The molecular formula is C17H29Cl2N3O3. The number of halogens is 2. The minimum atomic E-state index is -0.0953. The van der Waals surface area contributed by atoms with E-state index in [2.05, 4.69) is 15.2 Å². The lowest BCUT2D eigenvalue weighted by molar-refractivity contribution is 0.0200. The Labute approximate surface area is 161 Å². The zero-order valence-corrected chi connectivity index (χ0v) is 16.2. The van der Waals surface area contributed by atoms with Crippen LogP contribution in [0.25, 0.3) is 0 Å². The van der Waals surface area contributed by atoms with Crippen molar-refractivity contribution in [2.45, 2.75) is 32.4 Å². The quantitative estimate of drug-likeness (QED) is 0.723. The fourth-order valence-corrected chi connectivity index (χ4v) is 3.82. The molecule has 3 rings (SSSR count). The van der Waals surface area contributed by atoms with Crippen molar-refractivity contribution in [3.8, 4) is 5.75 Å². The van der Waals surface area contributed by atoms with Gasteiger partial charge in [0.25, 0.3) is 0 Å². The molecule has 8 heteroatoms. The number of aromatic hydroxyl groups is 1. The predicted molar refractivity (Wildman–Crippen MR) is 102 cm³/mol. The second kappa shape index (κ2) is 10.5. The topological polar surface area (TPSA) is 77.9 Å². The lowest BCUT2D eigenvalue weighted by Crippen LogP contribution is -2.47. The van der Waals surface area contributed by atoms with Gasteiger partial charge in [0.1, 0.15) is 5.75 Å². The van der Waals surface area contributed by atoms with Crippen molar-refractivity contribution < 1.29 is 14.9 Å². The maximum Gasteiger partial charge on any atom is 0.141 e. The van der Waals surface area contributed by atoms with Crippen LogP contribution in [0.1, 0.15) is 35.7 Å². The third-order valence-corrected chi connectivity index (χ3v) is 5.08. The summed E-state index contributed by atoms with van der Waals surface area (Å²) in [5.74, 6) is 0.673. The number of aromatic nitrogens is 1. The summed E-state index contributed by atoms with van der Waals surface area (Å²) in [5.41, 5.74) is 2.24. The van der Waals surface area contributed by atoms with E-state index in [4.69, 9.17) is 4.74 Å². The number of pyridine rings is 1. The molecule has 2 aliphatic heterocycles. The van der Waals surface area contributed by atoms with Crippen LogP contribution in [0.5, 0.6) is 5.75 Å².